The summed E-state index contributed by atoms with van der Waals surface area (Å²) in [6.45, 7) is 23.7. The molecule has 0 saturated heterocycles. The average molecular weight is 725 g/mol. The zero-order chi connectivity index (χ0) is 38.2. The Hall–Kier alpha value is -8.37. The van der Waals surface area contributed by atoms with E-state index in [0.717, 1.165) is 82.8 Å². The molecule has 11 rings (SSSR count). The molecule has 0 saturated carbocycles. The van der Waals surface area contributed by atoms with Gasteiger partial charge in [-0.3, -0.25) is 0 Å². The molecule has 0 spiro atoms. The van der Waals surface area contributed by atoms with E-state index >= 15 is 0 Å². The third kappa shape index (κ3) is 4.74. The number of benzene rings is 8. The highest BCUT2D eigenvalue weighted by Crippen LogP contribution is 2.42. The van der Waals surface area contributed by atoms with E-state index in [4.69, 9.17) is 19.7 Å². The van der Waals surface area contributed by atoms with Crippen molar-refractivity contribution >= 4 is 82.5 Å². The summed E-state index contributed by atoms with van der Waals surface area (Å²) in [5.41, 5.74) is 12.7. The van der Waals surface area contributed by atoms with Crippen molar-refractivity contribution in [3.8, 4) is 28.2 Å². The van der Waals surface area contributed by atoms with E-state index in [9.17, 15) is 0 Å². The van der Waals surface area contributed by atoms with Crippen molar-refractivity contribution in [2.24, 2.45) is 0 Å². The molecule has 11 aromatic rings. The summed E-state index contributed by atoms with van der Waals surface area (Å²) in [5.74, 6) is 0. The third-order valence-corrected chi connectivity index (χ3v) is 11.2. The highest BCUT2D eigenvalue weighted by Gasteiger charge is 2.20. The van der Waals surface area contributed by atoms with Gasteiger partial charge in [-0.25, -0.2) is 14.5 Å². The standard InChI is InChI=1S/C51H28N6/c1-52-33-20-23-49-42(29-33)41-15-7-11-19-48(41)56(49)37-27-32(26-35(28-37)54-3)38-12-4-8-16-45(38)57-50-24-21-34(53-2)30-43(50)44-31-36(22-25-51(44)57)55-46-17-9-5-13-39(46)40-14-6-10-18-47(40)55/h4-31H. The van der Waals surface area contributed by atoms with Crippen LogP contribution in [-0.4, -0.2) is 13.7 Å². The van der Waals surface area contributed by atoms with Gasteiger partial charge in [-0.1, -0.05) is 84.9 Å². The predicted molar refractivity (Wildman–Crippen MR) is 234 cm³/mol. The Morgan fingerprint density at radius 1 is 0.316 bits per heavy atom. The molecule has 0 atom stereocenters. The van der Waals surface area contributed by atoms with Crippen LogP contribution in [0, 0.1) is 19.7 Å². The number of hydrogen-bond donors (Lipinski definition) is 0. The van der Waals surface area contributed by atoms with Crippen molar-refractivity contribution in [1.82, 2.24) is 13.7 Å². The van der Waals surface area contributed by atoms with Crippen LogP contribution in [0.4, 0.5) is 17.1 Å². The quantitative estimate of drug-likeness (QED) is 0.162. The summed E-state index contributed by atoms with van der Waals surface area (Å²) in [5, 5.41) is 6.50. The van der Waals surface area contributed by atoms with Crippen LogP contribution in [0.5, 0.6) is 0 Å². The molecule has 0 aliphatic rings. The fourth-order valence-electron chi connectivity index (χ4n) is 8.83. The lowest BCUT2D eigenvalue weighted by Gasteiger charge is -2.16. The van der Waals surface area contributed by atoms with Crippen LogP contribution in [0.15, 0.2) is 170 Å². The highest BCUT2D eigenvalue weighted by molar-refractivity contribution is 6.14. The van der Waals surface area contributed by atoms with Crippen molar-refractivity contribution in [3.05, 3.63) is 204 Å². The van der Waals surface area contributed by atoms with Crippen LogP contribution in [0.1, 0.15) is 0 Å². The Labute approximate surface area is 327 Å². The van der Waals surface area contributed by atoms with E-state index in [2.05, 4.69) is 137 Å². The van der Waals surface area contributed by atoms with Crippen molar-refractivity contribution in [1.29, 1.82) is 0 Å². The van der Waals surface area contributed by atoms with Gasteiger partial charge >= 0.3 is 0 Å². The molecule has 0 bridgehead atoms. The first kappa shape index (κ1) is 32.1. The van der Waals surface area contributed by atoms with Gasteiger partial charge in [0.2, 0.25) is 0 Å². The maximum atomic E-state index is 8.18. The van der Waals surface area contributed by atoms with E-state index < -0.39 is 0 Å². The molecule has 0 N–H and O–H groups in total. The highest BCUT2D eigenvalue weighted by atomic mass is 15.0. The lowest BCUT2D eigenvalue weighted by atomic mass is 10.0. The molecule has 0 aliphatic carbocycles. The van der Waals surface area contributed by atoms with Gasteiger partial charge in [0.15, 0.2) is 17.1 Å². The van der Waals surface area contributed by atoms with Gasteiger partial charge in [0.05, 0.1) is 58.5 Å². The smallest absolute Gasteiger partial charge is 0.189 e. The van der Waals surface area contributed by atoms with Crippen molar-refractivity contribution in [2.45, 2.75) is 0 Å². The fraction of sp³-hybridized carbons (Fsp3) is 0. The molecule has 262 valence electrons. The van der Waals surface area contributed by atoms with Crippen LogP contribution in [0.25, 0.3) is 108 Å². The molecule has 0 radical (unpaired) electrons. The lowest BCUT2D eigenvalue weighted by molar-refractivity contribution is 1.16. The van der Waals surface area contributed by atoms with E-state index in [1.54, 1.807) is 0 Å². The van der Waals surface area contributed by atoms with Gasteiger partial charge in [-0.2, -0.15) is 0 Å². The lowest BCUT2D eigenvalue weighted by Crippen LogP contribution is -1.99. The van der Waals surface area contributed by atoms with Gasteiger partial charge in [0.25, 0.3) is 0 Å². The molecule has 0 amide bonds. The van der Waals surface area contributed by atoms with Gasteiger partial charge < -0.3 is 13.7 Å². The van der Waals surface area contributed by atoms with Crippen LogP contribution in [-0.2, 0) is 0 Å². The molecule has 0 unspecified atom stereocenters. The molecule has 6 nitrogen and oxygen atoms in total. The average Bonchev–Trinajstić information content (AvgIpc) is 3.91. The second-order valence-electron chi connectivity index (χ2n) is 14.3. The number of hydrogen-bond acceptors (Lipinski definition) is 0. The molecule has 6 heteroatoms. The van der Waals surface area contributed by atoms with Crippen LogP contribution >= 0.6 is 0 Å². The molecule has 57 heavy (non-hydrogen) atoms. The molecular formula is C51H28N6. The van der Waals surface area contributed by atoms with Crippen LogP contribution in [0.3, 0.4) is 0 Å². The summed E-state index contributed by atoms with van der Waals surface area (Å²) in [4.78, 5) is 11.5. The summed E-state index contributed by atoms with van der Waals surface area (Å²) in [7, 11) is 0. The van der Waals surface area contributed by atoms with Gasteiger partial charge in [-0.05, 0) is 101 Å². The maximum absolute atomic E-state index is 8.18. The van der Waals surface area contributed by atoms with E-state index in [0.29, 0.717) is 17.1 Å². The zero-order valence-corrected chi connectivity index (χ0v) is 30.3. The normalized spacial score (nSPS) is 11.5. The predicted octanol–water partition coefficient (Wildman–Crippen LogP) is 14.3. The monoisotopic (exact) mass is 724 g/mol. The van der Waals surface area contributed by atoms with E-state index in [1.807, 2.05) is 60.7 Å². The summed E-state index contributed by atoms with van der Waals surface area (Å²) in [6.07, 6.45) is 0. The Bertz CT molecular complexity index is 3580. The molecule has 0 aliphatic heterocycles. The second kappa shape index (κ2) is 12.3. The number of aromatic nitrogens is 3. The fourth-order valence-corrected chi connectivity index (χ4v) is 8.83. The van der Waals surface area contributed by atoms with Gasteiger partial charge in [0.1, 0.15) is 0 Å². The number of rotatable bonds is 4. The summed E-state index contributed by atoms with van der Waals surface area (Å²) < 4.78 is 6.82. The number of nitrogens with zero attached hydrogens (tertiary/aromatic N) is 6. The van der Waals surface area contributed by atoms with Gasteiger partial charge in [-0.15, -0.1) is 0 Å². The molecular weight excluding hydrogens is 697 g/mol. The maximum Gasteiger partial charge on any atom is 0.189 e. The Morgan fingerprint density at radius 3 is 1.39 bits per heavy atom. The topological polar surface area (TPSA) is 27.9 Å². The van der Waals surface area contributed by atoms with E-state index in [-0.39, 0.29) is 0 Å². The molecule has 8 aromatic carbocycles. The number of para-hydroxylation sites is 4. The number of fused-ring (bicyclic) bond motifs is 9. The minimum absolute atomic E-state index is 0.528. The minimum atomic E-state index is 0.528. The van der Waals surface area contributed by atoms with Crippen LogP contribution in [0.2, 0.25) is 0 Å². The first-order chi connectivity index (χ1) is 28.1. The molecule has 3 heterocycles. The first-order valence-electron chi connectivity index (χ1n) is 18.6. The summed E-state index contributed by atoms with van der Waals surface area (Å²) in [6, 6.07) is 58.1. The van der Waals surface area contributed by atoms with Crippen LogP contribution < -0.4 is 0 Å². The summed E-state index contributed by atoms with van der Waals surface area (Å²) >= 11 is 0. The molecule has 0 fully saturated rings. The minimum Gasteiger partial charge on any atom is -0.311 e. The Balaban J connectivity index is 1.16. The van der Waals surface area contributed by atoms with Crippen molar-refractivity contribution in [2.75, 3.05) is 0 Å². The Kier molecular flexibility index (Phi) is 6.95. The largest absolute Gasteiger partial charge is 0.311 e. The van der Waals surface area contributed by atoms with Crippen molar-refractivity contribution in [3.63, 3.8) is 0 Å². The SMILES string of the molecule is [C-]#[N+]c1cc(-c2ccccc2-n2c3ccc([N+]#[C-])cc3c3cc(-n4c5ccccc5c5ccccc54)ccc32)cc(-n2c3ccccc3c3cc([N+]#[C-])ccc32)c1. The Morgan fingerprint density at radius 2 is 0.772 bits per heavy atom. The first-order valence-corrected chi connectivity index (χ1v) is 18.6. The van der Waals surface area contributed by atoms with Gasteiger partial charge in [0, 0.05) is 38.5 Å². The zero-order valence-electron chi connectivity index (χ0n) is 30.3. The van der Waals surface area contributed by atoms with E-state index in [1.165, 1.54) is 10.8 Å². The third-order valence-electron chi connectivity index (χ3n) is 11.2. The molecule has 3 aromatic heterocycles. The van der Waals surface area contributed by atoms with Crippen molar-refractivity contribution < 1.29 is 0 Å². The second-order valence-corrected chi connectivity index (χ2v) is 14.3.